The van der Waals surface area contributed by atoms with Gasteiger partial charge >= 0.3 is 0 Å². The first-order chi connectivity index (χ1) is 9.40. The molecule has 1 unspecified atom stereocenters. The molecule has 1 atom stereocenters. The van der Waals surface area contributed by atoms with E-state index in [0.29, 0.717) is 0 Å². The molecule has 0 nitrogen and oxygen atoms in total. The maximum absolute atomic E-state index is 2.47. The van der Waals surface area contributed by atoms with E-state index in [9.17, 15) is 0 Å². The summed E-state index contributed by atoms with van der Waals surface area (Å²) in [4.78, 5) is 0. The molecule has 0 radical (unpaired) electrons. The van der Waals surface area contributed by atoms with Crippen LogP contribution in [0.3, 0.4) is 0 Å². The van der Waals surface area contributed by atoms with Crippen molar-refractivity contribution in [1.29, 1.82) is 0 Å². The lowest BCUT2D eigenvalue weighted by atomic mass is 9.95. The molecule has 0 aromatic heterocycles. The quantitative estimate of drug-likeness (QED) is 0.484. The average molecular weight is 256 g/mol. The lowest BCUT2D eigenvalue weighted by molar-refractivity contribution is 0.476. The predicted octanol–water partition coefficient (Wildman–Crippen LogP) is 6.23. The lowest BCUT2D eigenvalue weighted by Gasteiger charge is -2.10. The largest absolute Gasteiger partial charge is 0.0804 e. The van der Waals surface area contributed by atoms with Gasteiger partial charge in [-0.15, -0.1) is 0 Å². The van der Waals surface area contributed by atoms with Crippen LogP contribution in [0.1, 0.15) is 70.3 Å². The fourth-order valence-corrected chi connectivity index (χ4v) is 3.11. The van der Waals surface area contributed by atoms with Crippen molar-refractivity contribution in [2.45, 2.75) is 64.7 Å². The second-order valence-electron chi connectivity index (χ2n) is 5.96. The zero-order chi connectivity index (χ0) is 13.3. The molecule has 0 N–H and O–H groups in total. The Hall–Kier alpha value is -1.04. The Morgan fingerprint density at radius 3 is 2.47 bits per heavy atom. The number of allylic oxidation sites excluding steroid dienone is 2. The van der Waals surface area contributed by atoms with E-state index in [1.807, 2.05) is 0 Å². The topological polar surface area (TPSA) is 0 Å². The van der Waals surface area contributed by atoms with Crippen LogP contribution < -0.4 is 0 Å². The monoisotopic (exact) mass is 256 g/mol. The maximum Gasteiger partial charge on any atom is -0.0228 e. The van der Waals surface area contributed by atoms with Gasteiger partial charge in [-0.25, -0.2) is 0 Å². The summed E-state index contributed by atoms with van der Waals surface area (Å²) in [5, 5.41) is 0. The third-order valence-corrected chi connectivity index (χ3v) is 4.32. The maximum atomic E-state index is 2.47. The first-order valence-corrected chi connectivity index (χ1v) is 8.14. The van der Waals surface area contributed by atoms with E-state index in [1.54, 1.807) is 5.57 Å². The Bertz CT molecular complexity index is 374. The predicted molar refractivity (Wildman–Crippen MR) is 85.1 cm³/mol. The van der Waals surface area contributed by atoms with Gasteiger partial charge in [-0.05, 0) is 36.3 Å². The van der Waals surface area contributed by atoms with Crippen molar-refractivity contribution in [1.82, 2.24) is 0 Å². The van der Waals surface area contributed by atoms with Crippen molar-refractivity contribution in [3.63, 3.8) is 0 Å². The van der Waals surface area contributed by atoms with Crippen LogP contribution in [0.25, 0.3) is 5.57 Å². The van der Waals surface area contributed by atoms with Crippen LogP contribution in [0.5, 0.6) is 0 Å². The van der Waals surface area contributed by atoms with E-state index in [1.165, 1.54) is 63.4 Å². The van der Waals surface area contributed by atoms with Gasteiger partial charge in [0.15, 0.2) is 0 Å². The summed E-state index contributed by atoms with van der Waals surface area (Å²) in [5.74, 6) is 0.918. The van der Waals surface area contributed by atoms with Gasteiger partial charge in [0.2, 0.25) is 0 Å². The first kappa shape index (κ1) is 14.4. The summed E-state index contributed by atoms with van der Waals surface area (Å²) in [6.45, 7) is 2.29. The number of hydrogen-bond acceptors (Lipinski definition) is 0. The van der Waals surface area contributed by atoms with Crippen molar-refractivity contribution in [3.8, 4) is 0 Å². The van der Waals surface area contributed by atoms with Crippen LogP contribution in [0, 0.1) is 5.92 Å². The Morgan fingerprint density at radius 2 is 1.68 bits per heavy atom. The SMILES string of the molecule is CCCCCCCCC1CC=C(c2ccccc2)C1. The summed E-state index contributed by atoms with van der Waals surface area (Å²) in [5.41, 5.74) is 3.02. The van der Waals surface area contributed by atoms with Crippen LogP contribution in [0.15, 0.2) is 36.4 Å². The molecule has 1 aromatic carbocycles. The highest BCUT2D eigenvalue weighted by atomic mass is 14.2. The molecule has 19 heavy (non-hydrogen) atoms. The number of unbranched alkanes of at least 4 members (excludes halogenated alkanes) is 5. The molecule has 1 aliphatic rings. The minimum Gasteiger partial charge on any atom is -0.0804 e. The third kappa shape index (κ3) is 4.86. The van der Waals surface area contributed by atoms with E-state index >= 15 is 0 Å². The second-order valence-corrected chi connectivity index (χ2v) is 5.96. The van der Waals surface area contributed by atoms with Crippen LogP contribution in [0.4, 0.5) is 0 Å². The molecule has 0 saturated heterocycles. The van der Waals surface area contributed by atoms with Crippen molar-refractivity contribution in [3.05, 3.63) is 42.0 Å². The van der Waals surface area contributed by atoms with Crippen LogP contribution >= 0.6 is 0 Å². The molecule has 0 spiro atoms. The minimum atomic E-state index is 0.918. The lowest BCUT2D eigenvalue weighted by Crippen LogP contribution is -1.95. The Kier molecular flexibility index (Phi) is 6.20. The molecule has 0 aliphatic heterocycles. The van der Waals surface area contributed by atoms with Gasteiger partial charge in [0.25, 0.3) is 0 Å². The molecule has 0 amide bonds. The molecule has 104 valence electrons. The normalized spacial score (nSPS) is 18.6. The van der Waals surface area contributed by atoms with E-state index < -0.39 is 0 Å². The van der Waals surface area contributed by atoms with Crippen LogP contribution in [0.2, 0.25) is 0 Å². The minimum absolute atomic E-state index is 0.918. The van der Waals surface area contributed by atoms with Crippen LogP contribution in [-0.4, -0.2) is 0 Å². The first-order valence-electron chi connectivity index (χ1n) is 8.14. The van der Waals surface area contributed by atoms with Gasteiger partial charge in [0, 0.05) is 0 Å². The highest BCUT2D eigenvalue weighted by Crippen LogP contribution is 2.34. The van der Waals surface area contributed by atoms with E-state index in [2.05, 4.69) is 43.3 Å². The van der Waals surface area contributed by atoms with Crippen molar-refractivity contribution < 1.29 is 0 Å². The molecule has 0 fully saturated rings. The summed E-state index contributed by atoms with van der Waals surface area (Å²) < 4.78 is 0. The Morgan fingerprint density at radius 1 is 0.947 bits per heavy atom. The molecule has 0 heteroatoms. The highest BCUT2D eigenvalue weighted by molar-refractivity contribution is 5.67. The zero-order valence-electron chi connectivity index (χ0n) is 12.4. The van der Waals surface area contributed by atoms with Crippen molar-refractivity contribution >= 4 is 5.57 Å². The van der Waals surface area contributed by atoms with E-state index in [0.717, 1.165) is 5.92 Å². The van der Waals surface area contributed by atoms with Gasteiger partial charge in [-0.3, -0.25) is 0 Å². The Labute approximate surface area is 118 Å². The van der Waals surface area contributed by atoms with Gasteiger partial charge in [-0.1, -0.05) is 81.9 Å². The number of rotatable bonds is 8. The summed E-state index contributed by atoms with van der Waals surface area (Å²) in [7, 11) is 0. The molecular formula is C19H28. The molecular weight excluding hydrogens is 228 g/mol. The molecule has 0 saturated carbocycles. The van der Waals surface area contributed by atoms with Gasteiger partial charge in [0.05, 0.1) is 0 Å². The zero-order valence-corrected chi connectivity index (χ0v) is 12.4. The smallest absolute Gasteiger partial charge is 0.0228 e. The highest BCUT2D eigenvalue weighted by Gasteiger charge is 2.17. The standard InChI is InChI=1S/C19H28/c1-2-3-4-5-6-8-11-17-14-15-19(16-17)18-12-9-7-10-13-18/h7,9-10,12-13,15,17H,2-6,8,11,14,16H2,1H3. The van der Waals surface area contributed by atoms with Gasteiger partial charge in [0.1, 0.15) is 0 Å². The second kappa shape index (κ2) is 8.19. The van der Waals surface area contributed by atoms with E-state index in [4.69, 9.17) is 0 Å². The molecule has 1 aromatic rings. The third-order valence-electron chi connectivity index (χ3n) is 4.32. The van der Waals surface area contributed by atoms with Crippen LogP contribution in [-0.2, 0) is 0 Å². The fraction of sp³-hybridized carbons (Fsp3) is 0.579. The fourth-order valence-electron chi connectivity index (χ4n) is 3.11. The summed E-state index contributed by atoms with van der Waals surface area (Å²) >= 11 is 0. The van der Waals surface area contributed by atoms with Gasteiger partial charge in [-0.2, -0.15) is 0 Å². The number of hydrogen-bond donors (Lipinski definition) is 0. The molecule has 0 bridgehead atoms. The summed E-state index contributed by atoms with van der Waals surface area (Å²) in [6.07, 6.45) is 15.0. The Balaban J connectivity index is 1.62. The van der Waals surface area contributed by atoms with Crippen molar-refractivity contribution in [2.24, 2.45) is 5.92 Å². The number of benzene rings is 1. The van der Waals surface area contributed by atoms with Crippen molar-refractivity contribution in [2.75, 3.05) is 0 Å². The van der Waals surface area contributed by atoms with Gasteiger partial charge < -0.3 is 0 Å². The van der Waals surface area contributed by atoms with E-state index in [-0.39, 0.29) is 0 Å². The molecule has 0 heterocycles. The molecule has 2 rings (SSSR count). The average Bonchev–Trinajstić information content (AvgIpc) is 2.92. The molecule has 1 aliphatic carbocycles. The summed E-state index contributed by atoms with van der Waals surface area (Å²) in [6, 6.07) is 10.9.